The summed E-state index contributed by atoms with van der Waals surface area (Å²) in [5.74, 6) is 1.53. The zero-order chi connectivity index (χ0) is 30.2. The largest absolute Gasteiger partial charge is 0.494 e. The summed E-state index contributed by atoms with van der Waals surface area (Å²) < 4.78 is 18.6. The Kier molecular flexibility index (Phi) is 10.4. The molecule has 4 heterocycles. The van der Waals surface area contributed by atoms with Gasteiger partial charge in [-0.1, -0.05) is 24.6 Å². The van der Waals surface area contributed by atoms with Gasteiger partial charge in [0.2, 0.25) is 0 Å². The van der Waals surface area contributed by atoms with Gasteiger partial charge < -0.3 is 28.9 Å². The van der Waals surface area contributed by atoms with Crippen molar-refractivity contribution in [3.63, 3.8) is 0 Å². The number of hydrogen-bond donors (Lipinski definition) is 0. The molecule has 2 amide bonds. The second kappa shape index (κ2) is 14.8. The maximum Gasteiger partial charge on any atom is 0.257 e. The lowest BCUT2D eigenvalue weighted by Crippen LogP contribution is -2.45. The zero-order valence-electron chi connectivity index (χ0n) is 26.2. The Labute approximate surface area is 262 Å². The number of benzene rings is 2. The molecule has 3 saturated heterocycles. The highest BCUT2D eigenvalue weighted by molar-refractivity contribution is 5.97. The van der Waals surface area contributed by atoms with E-state index in [0.29, 0.717) is 56.4 Å². The predicted molar refractivity (Wildman–Crippen MR) is 170 cm³/mol. The van der Waals surface area contributed by atoms with Crippen LogP contribution < -0.4 is 9.47 Å². The predicted octanol–water partition coefficient (Wildman–Crippen LogP) is 5.66. The Balaban J connectivity index is 1.07. The Bertz CT molecular complexity index is 1250. The van der Waals surface area contributed by atoms with Crippen molar-refractivity contribution in [1.82, 2.24) is 14.7 Å². The first-order chi connectivity index (χ1) is 21.6. The number of para-hydroxylation sites is 1. The van der Waals surface area contributed by atoms with Crippen LogP contribution in [-0.2, 0) is 4.74 Å². The lowest BCUT2D eigenvalue weighted by atomic mass is 9.75. The molecule has 0 unspecified atom stereocenters. The van der Waals surface area contributed by atoms with Gasteiger partial charge in [-0.25, -0.2) is 0 Å². The molecule has 238 valence electrons. The summed E-state index contributed by atoms with van der Waals surface area (Å²) in [4.78, 5) is 33.6. The third kappa shape index (κ3) is 7.57. The van der Waals surface area contributed by atoms with Crippen molar-refractivity contribution in [3.05, 3.63) is 59.7 Å². The van der Waals surface area contributed by atoms with Gasteiger partial charge >= 0.3 is 0 Å². The first kappa shape index (κ1) is 30.9. The fourth-order valence-electron chi connectivity index (χ4n) is 7.39. The van der Waals surface area contributed by atoms with Gasteiger partial charge in [0.1, 0.15) is 11.5 Å². The van der Waals surface area contributed by atoms with Crippen LogP contribution in [0.2, 0.25) is 0 Å². The van der Waals surface area contributed by atoms with Crippen LogP contribution >= 0.6 is 0 Å². The number of ether oxygens (including phenoxy) is 3. The van der Waals surface area contributed by atoms with Crippen LogP contribution in [0.1, 0.15) is 84.9 Å². The number of piperidine rings is 1. The number of nitrogens with zero attached hydrogens (tertiary/aromatic N) is 3. The van der Waals surface area contributed by atoms with E-state index in [2.05, 4.69) is 4.90 Å². The zero-order valence-corrected chi connectivity index (χ0v) is 26.2. The van der Waals surface area contributed by atoms with E-state index < -0.39 is 0 Å². The van der Waals surface area contributed by atoms with Gasteiger partial charge in [0, 0.05) is 43.8 Å². The van der Waals surface area contributed by atoms with E-state index in [1.165, 1.54) is 25.9 Å². The van der Waals surface area contributed by atoms with Crippen molar-refractivity contribution in [2.45, 2.75) is 70.3 Å². The first-order valence-corrected chi connectivity index (χ1v) is 17.0. The third-order valence-corrected chi connectivity index (χ3v) is 10.1. The van der Waals surface area contributed by atoms with Gasteiger partial charge in [-0.05, 0) is 101 Å². The average Bonchev–Trinajstić information content (AvgIpc) is 3.76. The molecule has 0 aliphatic carbocycles. The minimum Gasteiger partial charge on any atom is -0.494 e. The van der Waals surface area contributed by atoms with Crippen molar-refractivity contribution >= 4 is 11.8 Å². The summed E-state index contributed by atoms with van der Waals surface area (Å²) in [6, 6.07) is 15.5. The van der Waals surface area contributed by atoms with Crippen molar-refractivity contribution in [1.29, 1.82) is 0 Å². The minimum absolute atomic E-state index is 0.0380. The number of amides is 2. The van der Waals surface area contributed by atoms with Gasteiger partial charge in [0.05, 0.1) is 31.4 Å². The van der Waals surface area contributed by atoms with Crippen LogP contribution in [0.3, 0.4) is 0 Å². The SMILES string of the molecule is O=C(c1cccc(OCCCN2CCCC2)c1)N1CCC2(CCCCOC[C@@H]3CCCN3C(=O)c3ccccc3OC2)CC1. The fraction of sp³-hybridized carbons (Fsp3) is 0.611. The summed E-state index contributed by atoms with van der Waals surface area (Å²) in [5.41, 5.74) is 1.27. The molecule has 0 N–H and O–H groups in total. The summed E-state index contributed by atoms with van der Waals surface area (Å²) in [7, 11) is 0. The maximum atomic E-state index is 13.6. The highest BCUT2D eigenvalue weighted by Gasteiger charge is 2.38. The van der Waals surface area contributed by atoms with E-state index in [9.17, 15) is 9.59 Å². The highest BCUT2D eigenvalue weighted by Crippen LogP contribution is 2.39. The molecule has 2 aromatic carbocycles. The average molecular weight is 604 g/mol. The van der Waals surface area contributed by atoms with Crippen molar-refractivity contribution in [3.8, 4) is 11.5 Å². The topological polar surface area (TPSA) is 71.6 Å². The number of carbonyl (C=O) groups excluding carboxylic acids is 2. The third-order valence-electron chi connectivity index (χ3n) is 10.1. The lowest BCUT2D eigenvalue weighted by Gasteiger charge is -2.42. The molecule has 0 bridgehead atoms. The molecule has 44 heavy (non-hydrogen) atoms. The van der Waals surface area contributed by atoms with Crippen LogP contribution in [0.25, 0.3) is 0 Å². The molecule has 4 aliphatic heterocycles. The highest BCUT2D eigenvalue weighted by atomic mass is 16.5. The van der Waals surface area contributed by atoms with Crippen molar-refractivity contribution in [2.75, 3.05) is 65.7 Å². The lowest BCUT2D eigenvalue weighted by molar-refractivity contribution is 0.0303. The van der Waals surface area contributed by atoms with Crippen LogP contribution in [0.15, 0.2) is 48.5 Å². The molecule has 2 aromatic rings. The first-order valence-electron chi connectivity index (χ1n) is 17.0. The quantitative estimate of drug-likeness (QED) is 0.397. The Morgan fingerprint density at radius 3 is 2.61 bits per heavy atom. The minimum atomic E-state index is -0.0481. The Hall–Kier alpha value is -3.10. The molecule has 8 heteroatoms. The number of fused-ring (bicyclic) bond motifs is 2. The smallest absolute Gasteiger partial charge is 0.257 e. The Morgan fingerprint density at radius 2 is 1.75 bits per heavy atom. The van der Waals surface area contributed by atoms with E-state index in [1.807, 2.05) is 58.3 Å². The molecule has 1 spiro atoms. The fourth-order valence-corrected chi connectivity index (χ4v) is 7.39. The molecule has 0 radical (unpaired) electrons. The molecule has 1 atom stereocenters. The molecule has 0 saturated carbocycles. The standard InChI is InChI=1S/C36H49N3O5/c40-34(29-10-7-12-31(26-29)43-25-9-20-37-18-4-5-19-37)38-22-16-36(17-23-38)15-3-6-24-42-27-30-11-8-21-39(30)35(41)32-13-1-2-14-33(32)44-28-36/h1-2,7,10,12-14,26,30H,3-6,8-9,11,15-25,27-28H2/t30-/m0/s1. The van der Waals surface area contributed by atoms with E-state index >= 15 is 0 Å². The number of hydrogen-bond acceptors (Lipinski definition) is 6. The Morgan fingerprint density at radius 1 is 0.909 bits per heavy atom. The maximum absolute atomic E-state index is 13.6. The van der Waals surface area contributed by atoms with E-state index in [0.717, 1.165) is 70.2 Å². The van der Waals surface area contributed by atoms with E-state index in [-0.39, 0.29) is 23.3 Å². The van der Waals surface area contributed by atoms with Gasteiger partial charge in [-0.15, -0.1) is 0 Å². The molecular formula is C36H49N3O5. The molecule has 4 aliphatic rings. The summed E-state index contributed by atoms with van der Waals surface area (Å²) in [5, 5.41) is 0. The van der Waals surface area contributed by atoms with Crippen molar-refractivity contribution < 1.29 is 23.8 Å². The summed E-state index contributed by atoms with van der Waals surface area (Å²) in [6.45, 7) is 8.15. The van der Waals surface area contributed by atoms with E-state index in [4.69, 9.17) is 14.2 Å². The molecular weight excluding hydrogens is 554 g/mol. The van der Waals surface area contributed by atoms with Crippen molar-refractivity contribution in [2.24, 2.45) is 5.41 Å². The van der Waals surface area contributed by atoms with Gasteiger partial charge in [-0.3, -0.25) is 9.59 Å². The van der Waals surface area contributed by atoms with Crippen LogP contribution in [0, 0.1) is 5.41 Å². The summed E-state index contributed by atoms with van der Waals surface area (Å²) >= 11 is 0. The van der Waals surface area contributed by atoms with Gasteiger partial charge in [0.15, 0.2) is 0 Å². The molecule has 3 fully saturated rings. The normalized spacial score (nSPS) is 23.1. The van der Waals surface area contributed by atoms with Gasteiger partial charge in [-0.2, -0.15) is 0 Å². The van der Waals surface area contributed by atoms with E-state index in [1.54, 1.807) is 0 Å². The number of carbonyl (C=O) groups is 2. The number of rotatable bonds is 6. The van der Waals surface area contributed by atoms with Crippen LogP contribution in [0.4, 0.5) is 0 Å². The molecule has 6 rings (SSSR count). The molecule has 0 aromatic heterocycles. The summed E-state index contributed by atoms with van der Waals surface area (Å²) in [6.07, 6.45) is 10.4. The second-order valence-electron chi connectivity index (χ2n) is 13.2. The van der Waals surface area contributed by atoms with Crippen LogP contribution in [0.5, 0.6) is 11.5 Å². The molecule has 8 nitrogen and oxygen atoms in total. The number of likely N-dealkylation sites (tertiary alicyclic amines) is 2. The monoisotopic (exact) mass is 603 g/mol. The second-order valence-corrected chi connectivity index (χ2v) is 13.2. The van der Waals surface area contributed by atoms with Gasteiger partial charge in [0.25, 0.3) is 11.8 Å². The van der Waals surface area contributed by atoms with Crippen LogP contribution in [-0.4, -0.2) is 98.3 Å².